The van der Waals surface area contributed by atoms with Crippen LogP contribution in [0.3, 0.4) is 0 Å². The highest BCUT2D eigenvalue weighted by molar-refractivity contribution is 5.66. The lowest BCUT2D eigenvalue weighted by molar-refractivity contribution is -0.374. The van der Waals surface area contributed by atoms with E-state index in [-0.39, 0.29) is 24.7 Å². The van der Waals surface area contributed by atoms with Crippen LogP contribution in [0.15, 0.2) is 48.6 Å². The normalized spacial score (nSPS) is 38.2. The molecule has 15 heteroatoms. The van der Waals surface area contributed by atoms with E-state index in [9.17, 15) is 63.3 Å². The van der Waals surface area contributed by atoms with Crippen molar-refractivity contribution < 1.29 is 68.0 Å². The number of aliphatic hydroxyl groups is 2. The van der Waals surface area contributed by atoms with Gasteiger partial charge in [0.1, 0.15) is 5.41 Å². The molecule has 8 rings (SSSR count). The smallest absolute Gasteiger partial charge is 0.437 e. The third-order valence-electron chi connectivity index (χ3n) is 14.8. The number of hydrogen-bond donors (Lipinski definition) is 2. The van der Waals surface area contributed by atoms with E-state index in [4.69, 9.17) is 0 Å². The van der Waals surface area contributed by atoms with Gasteiger partial charge < -0.3 is 14.9 Å². The van der Waals surface area contributed by atoms with Crippen LogP contribution in [0.2, 0.25) is 0 Å². The zero-order chi connectivity index (χ0) is 43.7. The number of hydrogen-bond acceptors (Lipinski definition) is 4. The molecule has 8 bridgehead atoms. The maximum atomic E-state index is 13.4. The summed E-state index contributed by atoms with van der Waals surface area (Å²) in [5.41, 5.74) is -9.29. The highest BCUT2D eigenvalue weighted by Gasteiger charge is 2.77. The van der Waals surface area contributed by atoms with Crippen molar-refractivity contribution >= 4 is 5.97 Å². The zero-order valence-corrected chi connectivity index (χ0v) is 33.7. The van der Waals surface area contributed by atoms with E-state index in [1.54, 1.807) is 26.8 Å². The van der Waals surface area contributed by atoms with Gasteiger partial charge in [0, 0.05) is 19.3 Å². The quantitative estimate of drug-likeness (QED) is 0.159. The second-order valence-corrected chi connectivity index (χ2v) is 19.2. The molecule has 0 amide bonds. The molecule has 0 aliphatic heterocycles. The van der Waals surface area contributed by atoms with Gasteiger partial charge in [-0.15, -0.1) is 0 Å². The van der Waals surface area contributed by atoms with Gasteiger partial charge in [-0.3, -0.25) is 4.79 Å². The molecule has 13 unspecified atom stereocenters. The van der Waals surface area contributed by atoms with Crippen LogP contribution in [0.4, 0.5) is 48.3 Å². The van der Waals surface area contributed by atoms with Gasteiger partial charge >= 0.3 is 30.1 Å². The van der Waals surface area contributed by atoms with Gasteiger partial charge in [0.05, 0.1) is 11.2 Å². The van der Waals surface area contributed by atoms with Crippen molar-refractivity contribution in [3.8, 4) is 0 Å². The first kappa shape index (κ1) is 46.6. The Kier molecular flexibility index (Phi) is 12.7. The fourth-order valence-electron chi connectivity index (χ4n) is 10.7. The first-order chi connectivity index (χ1) is 26.3. The molecule has 0 heterocycles. The highest BCUT2D eigenvalue weighted by atomic mass is 19.4. The summed E-state index contributed by atoms with van der Waals surface area (Å²) < 4.78 is 147. The van der Waals surface area contributed by atoms with Crippen molar-refractivity contribution in [3.05, 3.63) is 48.6 Å². The first-order valence-electron chi connectivity index (χ1n) is 20.3. The lowest BCUT2D eigenvalue weighted by atomic mass is 9.74. The molecule has 2 N–H and O–H groups in total. The van der Waals surface area contributed by atoms with Crippen molar-refractivity contribution in [3.63, 3.8) is 0 Å². The third-order valence-corrected chi connectivity index (χ3v) is 14.8. The van der Waals surface area contributed by atoms with E-state index >= 15 is 0 Å². The van der Waals surface area contributed by atoms with Crippen LogP contribution in [-0.2, 0) is 9.53 Å². The van der Waals surface area contributed by atoms with Gasteiger partial charge in [-0.25, -0.2) is 8.78 Å². The highest BCUT2D eigenvalue weighted by Crippen LogP contribution is 2.67. The number of carbonyl (C=O) groups is 1. The van der Waals surface area contributed by atoms with E-state index in [2.05, 4.69) is 36.0 Å². The monoisotopic (exact) mass is 846 g/mol. The lowest BCUT2D eigenvalue weighted by Gasteiger charge is -2.39. The van der Waals surface area contributed by atoms with Crippen LogP contribution in [-0.4, -0.2) is 57.4 Å². The standard InChI is InChI=1S/C13H14F6O2.C13H22O2.C9H9F5.C8H12/c1-7(20)21-11(12(14,15)16,13(17,18)19)6-10-5-8-2-3-9(10)4-8;1-12(2,14)13(3,15)8-11-7-9-4-5-10(11)6-9;1-7(9(12,13)14)5-2-3-6(4-5)8(7,10)11;1-6-4-7-2-3-8(6)5-7/h2-3,8-10H,4-6H2,1H3;4-5,9-11,14-15H,6-8H2,1-3H3;2-3,5-6H,4H2,1H3;2-3,6-8H,4-5H2,1H3. The number of ether oxygens (including phenoxy) is 1. The summed E-state index contributed by atoms with van der Waals surface area (Å²) in [5.74, 6) is -3.79. The van der Waals surface area contributed by atoms with Crippen LogP contribution in [0, 0.1) is 70.5 Å². The van der Waals surface area contributed by atoms with Gasteiger partial charge in [-0.1, -0.05) is 55.5 Å². The van der Waals surface area contributed by atoms with Crippen LogP contribution < -0.4 is 0 Å². The Balaban J connectivity index is 0.000000154. The molecule has 13 atom stereocenters. The largest absolute Gasteiger partial charge is 0.440 e. The first-order valence-corrected chi connectivity index (χ1v) is 20.3. The average molecular weight is 847 g/mol. The van der Waals surface area contributed by atoms with Crippen LogP contribution in [0.1, 0.15) is 99.3 Å². The average Bonchev–Trinajstić information content (AvgIpc) is 3.92. The molecule has 0 spiro atoms. The van der Waals surface area contributed by atoms with Crippen molar-refractivity contribution in [1.29, 1.82) is 0 Å². The topological polar surface area (TPSA) is 66.8 Å². The molecular weight excluding hydrogens is 789 g/mol. The third kappa shape index (κ3) is 8.82. The summed E-state index contributed by atoms with van der Waals surface area (Å²) in [5, 5.41) is 20.2. The summed E-state index contributed by atoms with van der Waals surface area (Å²) >= 11 is 0. The summed E-state index contributed by atoms with van der Waals surface area (Å²) in [4.78, 5) is 10.9. The molecule has 8 aliphatic rings. The Labute approximate surface area is 333 Å². The van der Waals surface area contributed by atoms with Gasteiger partial charge in [-0.2, -0.15) is 39.5 Å². The van der Waals surface area contributed by atoms with E-state index in [1.807, 2.05) is 6.08 Å². The molecule has 4 nitrogen and oxygen atoms in total. The van der Waals surface area contributed by atoms with Crippen LogP contribution in [0.25, 0.3) is 0 Å². The second kappa shape index (κ2) is 15.8. The summed E-state index contributed by atoms with van der Waals surface area (Å²) in [6.45, 7) is 8.68. The molecule has 0 aromatic rings. The van der Waals surface area contributed by atoms with E-state index in [1.165, 1.54) is 37.8 Å². The maximum absolute atomic E-state index is 13.4. The minimum atomic E-state index is -5.71. The van der Waals surface area contributed by atoms with Gasteiger partial charge in [0.15, 0.2) is 0 Å². The molecule has 8 aliphatic carbocycles. The predicted octanol–water partition coefficient (Wildman–Crippen LogP) is 11.7. The molecule has 0 aromatic carbocycles. The fourth-order valence-corrected chi connectivity index (χ4v) is 10.7. The molecule has 0 radical (unpaired) electrons. The van der Waals surface area contributed by atoms with Crippen LogP contribution >= 0.6 is 0 Å². The fraction of sp³-hybridized carbons (Fsp3) is 0.791. The minimum absolute atomic E-state index is 0.0245. The summed E-state index contributed by atoms with van der Waals surface area (Å²) in [6.07, 6.45) is 4.63. The maximum Gasteiger partial charge on any atom is 0.437 e. The Morgan fingerprint density at radius 3 is 1.33 bits per heavy atom. The molecule has 4 saturated carbocycles. The SMILES string of the molecule is CC(=O)OC(CC1CC2C=CC1C2)(C(F)(F)F)C(F)(F)F.CC(C)(O)C(C)(O)CC1CC2C=CC1C2.CC1(C(F)(F)F)C2C=CC(C2)C1(F)F.CC1CC2C=CC1C2. The molecular formula is C43H57F11O4. The lowest BCUT2D eigenvalue weighted by Crippen LogP contribution is -2.60. The van der Waals surface area contributed by atoms with Gasteiger partial charge in [-0.05, 0) is 138 Å². The molecule has 330 valence electrons. The number of halogens is 11. The summed E-state index contributed by atoms with van der Waals surface area (Å²) in [6, 6.07) is 0. The number of alkyl halides is 11. The molecule has 4 fully saturated rings. The van der Waals surface area contributed by atoms with E-state index < -0.39 is 76.8 Å². The minimum Gasteiger partial charge on any atom is -0.440 e. The number of carbonyl (C=O) groups excluding carboxylic acids is 1. The van der Waals surface area contributed by atoms with Gasteiger partial charge in [0.25, 0.3) is 5.92 Å². The number of esters is 1. The van der Waals surface area contributed by atoms with E-state index in [0.717, 1.165) is 23.7 Å². The Bertz CT molecular complexity index is 1590. The van der Waals surface area contributed by atoms with Crippen molar-refractivity contribution in [2.75, 3.05) is 0 Å². The summed E-state index contributed by atoms with van der Waals surface area (Å²) in [7, 11) is 0. The van der Waals surface area contributed by atoms with Gasteiger partial charge in [0.2, 0.25) is 0 Å². The van der Waals surface area contributed by atoms with E-state index in [0.29, 0.717) is 38.5 Å². The molecule has 58 heavy (non-hydrogen) atoms. The Morgan fingerprint density at radius 1 is 0.638 bits per heavy atom. The van der Waals surface area contributed by atoms with Crippen molar-refractivity contribution in [2.45, 2.75) is 141 Å². The van der Waals surface area contributed by atoms with Crippen molar-refractivity contribution in [2.24, 2.45) is 70.5 Å². The Hall–Kier alpha value is -2.42. The Morgan fingerprint density at radius 2 is 1.07 bits per heavy atom. The molecule has 0 aromatic heterocycles. The zero-order valence-electron chi connectivity index (χ0n) is 33.7. The number of fused-ring (bicyclic) bond motifs is 8. The second-order valence-electron chi connectivity index (χ2n) is 19.2. The number of rotatable bonds is 6. The van der Waals surface area contributed by atoms with Crippen molar-refractivity contribution in [1.82, 2.24) is 0 Å². The van der Waals surface area contributed by atoms with Crippen LogP contribution in [0.5, 0.6) is 0 Å². The molecule has 0 saturated heterocycles. The number of allylic oxidation sites excluding steroid dienone is 8. The predicted molar refractivity (Wildman–Crippen MR) is 195 cm³/mol.